The fourth-order valence-electron chi connectivity index (χ4n) is 1.79. The van der Waals surface area contributed by atoms with Gasteiger partial charge in [0.25, 0.3) is 0 Å². The summed E-state index contributed by atoms with van der Waals surface area (Å²) in [5.41, 5.74) is 2.30. The quantitative estimate of drug-likeness (QED) is 0.618. The van der Waals surface area contributed by atoms with E-state index in [0.717, 1.165) is 27.1 Å². The summed E-state index contributed by atoms with van der Waals surface area (Å²) < 4.78 is 0.954. The molecule has 2 aromatic carbocycles. The Kier molecular flexibility index (Phi) is 3.27. The second-order valence-corrected chi connectivity index (χ2v) is 5.86. The van der Waals surface area contributed by atoms with Gasteiger partial charge in [0.05, 0.1) is 15.2 Å². The van der Waals surface area contributed by atoms with Gasteiger partial charge in [-0.3, -0.25) is 4.79 Å². The van der Waals surface area contributed by atoms with Gasteiger partial charge in [0, 0.05) is 16.1 Å². The third-order valence-corrected chi connectivity index (χ3v) is 4.32. The minimum Gasteiger partial charge on any atom is -0.298 e. The minimum atomic E-state index is 0.610. The first-order valence-corrected chi connectivity index (χ1v) is 7.06. The van der Waals surface area contributed by atoms with Crippen molar-refractivity contribution in [1.82, 2.24) is 4.98 Å². The van der Waals surface area contributed by atoms with Gasteiger partial charge < -0.3 is 0 Å². The number of aromatic nitrogens is 1. The van der Waals surface area contributed by atoms with Gasteiger partial charge in [0.2, 0.25) is 0 Å². The number of benzene rings is 2. The minimum absolute atomic E-state index is 0.610. The molecule has 0 aliphatic heterocycles. The highest BCUT2D eigenvalue weighted by Gasteiger charge is 2.10. The van der Waals surface area contributed by atoms with Crippen LogP contribution in [0.3, 0.4) is 0 Å². The van der Waals surface area contributed by atoms with E-state index >= 15 is 0 Å². The molecule has 0 amide bonds. The van der Waals surface area contributed by atoms with Crippen LogP contribution in [-0.4, -0.2) is 11.3 Å². The highest BCUT2D eigenvalue weighted by molar-refractivity contribution is 7.21. The molecule has 1 aromatic heterocycles. The lowest BCUT2D eigenvalue weighted by Gasteiger charge is -2.00. The van der Waals surface area contributed by atoms with Crippen LogP contribution in [0.4, 0.5) is 0 Å². The molecule has 0 aliphatic carbocycles. The molecule has 1 heterocycles. The second kappa shape index (κ2) is 4.93. The molecule has 94 valence electrons. The molecular formula is C14H7Cl2NOS. The third kappa shape index (κ3) is 2.37. The molecular weight excluding hydrogens is 301 g/mol. The van der Waals surface area contributed by atoms with E-state index in [1.54, 1.807) is 24.3 Å². The number of rotatable bonds is 2. The first-order valence-electron chi connectivity index (χ1n) is 5.48. The summed E-state index contributed by atoms with van der Waals surface area (Å²) in [6, 6.07) is 10.7. The number of nitrogens with zero attached hydrogens (tertiary/aromatic N) is 1. The third-order valence-electron chi connectivity index (χ3n) is 2.71. The molecule has 0 aliphatic rings. The maximum absolute atomic E-state index is 10.8. The molecule has 0 atom stereocenters. The van der Waals surface area contributed by atoms with Crippen LogP contribution >= 0.6 is 34.5 Å². The number of thiazole rings is 1. The van der Waals surface area contributed by atoms with Crippen LogP contribution in [0.5, 0.6) is 0 Å². The Morgan fingerprint density at radius 1 is 1.11 bits per heavy atom. The van der Waals surface area contributed by atoms with Gasteiger partial charge in [0.15, 0.2) is 0 Å². The zero-order chi connectivity index (χ0) is 13.4. The van der Waals surface area contributed by atoms with Crippen LogP contribution in [0, 0.1) is 0 Å². The Morgan fingerprint density at radius 3 is 2.74 bits per heavy atom. The normalized spacial score (nSPS) is 10.8. The van der Waals surface area contributed by atoms with Gasteiger partial charge in [-0.1, -0.05) is 23.2 Å². The topological polar surface area (TPSA) is 30.0 Å². The highest BCUT2D eigenvalue weighted by atomic mass is 35.5. The van der Waals surface area contributed by atoms with Gasteiger partial charge in [-0.2, -0.15) is 0 Å². The average Bonchev–Trinajstić information content (AvgIpc) is 2.83. The summed E-state index contributed by atoms with van der Waals surface area (Å²) in [7, 11) is 0. The highest BCUT2D eigenvalue weighted by Crippen LogP contribution is 2.35. The van der Waals surface area contributed by atoms with Crippen molar-refractivity contribution in [3.05, 3.63) is 52.0 Å². The molecule has 0 fully saturated rings. The molecule has 0 saturated heterocycles. The maximum atomic E-state index is 10.8. The lowest BCUT2D eigenvalue weighted by Crippen LogP contribution is -1.79. The summed E-state index contributed by atoms with van der Waals surface area (Å²) in [4.78, 5) is 15.3. The zero-order valence-electron chi connectivity index (χ0n) is 9.56. The molecule has 3 rings (SSSR count). The largest absolute Gasteiger partial charge is 0.298 e. The molecule has 19 heavy (non-hydrogen) atoms. The van der Waals surface area contributed by atoms with E-state index in [4.69, 9.17) is 23.2 Å². The molecule has 2 nitrogen and oxygen atoms in total. The van der Waals surface area contributed by atoms with Crippen LogP contribution < -0.4 is 0 Å². The van der Waals surface area contributed by atoms with Crippen LogP contribution in [-0.2, 0) is 0 Å². The van der Waals surface area contributed by atoms with Gasteiger partial charge in [-0.05, 0) is 36.4 Å². The summed E-state index contributed by atoms with van der Waals surface area (Å²) >= 11 is 13.6. The van der Waals surface area contributed by atoms with E-state index in [0.29, 0.717) is 15.6 Å². The number of carbonyl (C=O) groups excluding carboxylic acids is 1. The standard InChI is InChI=1S/C14H7Cl2NOS/c15-9-2-3-11(16)10(6-9)14-17-12-4-1-8(7-18)5-13(12)19-14/h1-7H. The number of hydrogen-bond donors (Lipinski definition) is 0. The van der Waals surface area contributed by atoms with E-state index in [9.17, 15) is 4.79 Å². The van der Waals surface area contributed by atoms with Crippen LogP contribution in [0.1, 0.15) is 10.4 Å². The number of fused-ring (bicyclic) bond motifs is 1. The molecule has 0 N–H and O–H groups in total. The van der Waals surface area contributed by atoms with Crippen LogP contribution in [0.25, 0.3) is 20.8 Å². The Bertz CT molecular complexity index is 782. The van der Waals surface area contributed by atoms with Crippen molar-refractivity contribution < 1.29 is 4.79 Å². The van der Waals surface area contributed by atoms with Crippen molar-refractivity contribution in [2.45, 2.75) is 0 Å². The number of carbonyl (C=O) groups is 1. The Morgan fingerprint density at radius 2 is 1.95 bits per heavy atom. The molecule has 0 spiro atoms. The molecule has 0 unspecified atom stereocenters. The Labute approximate surface area is 123 Å². The molecule has 0 saturated carbocycles. The van der Waals surface area contributed by atoms with E-state index in [-0.39, 0.29) is 0 Å². The maximum Gasteiger partial charge on any atom is 0.150 e. The van der Waals surface area contributed by atoms with Gasteiger partial charge in [-0.15, -0.1) is 11.3 Å². The number of aldehydes is 1. The molecule has 3 aromatic rings. The monoisotopic (exact) mass is 307 g/mol. The fourth-order valence-corrected chi connectivity index (χ4v) is 3.27. The molecule has 0 radical (unpaired) electrons. The van der Waals surface area contributed by atoms with Gasteiger partial charge in [-0.25, -0.2) is 4.98 Å². The summed E-state index contributed by atoms with van der Waals surface area (Å²) in [5.74, 6) is 0. The van der Waals surface area contributed by atoms with Crippen molar-refractivity contribution in [2.24, 2.45) is 0 Å². The smallest absolute Gasteiger partial charge is 0.150 e. The van der Waals surface area contributed by atoms with Crippen molar-refractivity contribution in [3.63, 3.8) is 0 Å². The van der Waals surface area contributed by atoms with E-state index in [1.165, 1.54) is 11.3 Å². The summed E-state index contributed by atoms with van der Waals surface area (Å²) in [6.07, 6.45) is 0.825. The van der Waals surface area contributed by atoms with Crippen molar-refractivity contribution in [2.75, 3.05) is 0 Å². The SMILES string of the molecule is O=Cc1ccc2nc(-c3cc(Cl)ccc3Cl)sc2c1. The number of halogens is 2. The van der Waals surface area contributed by atoms with Gasteiger partial charge in [0.1, 0.15) is 11.3 Å². The number of hydrogen-bond acceptors (Lipinski definition) is 3. The first kappa shape index (κ1) is 12.6. The molecule has 0 bridgehead atoms. The summed E-state index contributed by atoms with van der Waals surface area (Å²) in [6.45, 7) is 0. The van der Waals surface area contributed by atoms with Crippen molar-refractivity contribution in [1.29, 1.82) is 0 Å². The lowest BCUT2D eigenvalue weighted by atomic mass is 10.2. The van der Waals surface area contributed by atoms with Gasteiger partial charge >= 0.3 is 0 Å². The van der Waals surface area contributed by atoms with Crippen molar-refractivity contribution >= 4 is 51.0 Å². The van der Waals surface area contributed by atoms with Crippen molar-refractivity contribution in [3.8, 4) is 10.6 Å². The predicted octanol–water partition coefficient (Wildman–Crippen LogP) is 5.08. The fraction of sp³-hybridized carbons (Fsp3) is 0. The summed E-state index contributed by atoms with van der Waals surface area (Å²) in [5, 5.41) is 2.02. The first-order chi connectivity index (χ1) is 9.17. The lowest BCUT2D eigenvalue weighted by molar-refractivity contribution is 0.112. The van der Waals surface area contributed by atoms with Crippen LogP contribution in [0.2, 0.25) is 10.0 Å². The van der Waals surface area contributed by atoms with E-state index in [1.807, 2.05) is 12.1 Å². The average molecular weight is 308 g/mol. The van der Waals surface area contributed by atoms with Crippen LogP contribution in [0.15, 0.2) is 36.4 Å². The molecule has 5 heteroatoms. The predicted molar refractivity (Wildman–Crippen MR) is 80.5 cm³/mol. The van der Waals surface area contributed by atoms with E-state index < -0.39 is 0 Å². The van der Waals surface area contributed by atoms with E-state index in [2.05, 4.69) is 4.98 Å². The zero-order valence-corrected chi connectivity index (χ0v) is 11.9. The second-order valence-electron chi connectivity index (χ2n) is 3.99. The Hall–Kier alpha value is -1.42. The Balaban J connectivity index is 2.20.